The second kappa shape index (κ2) is 10.3. The van der Waals surface area contributed by atoms with Crippen LogP contribution in [0, 0.1) is 0 Å². The van der Waals surface area contributed by atoms with Gasteiger partial charge in [-0.15, -0.1) is 0 Å². The van der Waals surface area contributed by atoms with E-state index in [9.17, 15) is 18.0 Å². The maximum atomic E-state index is 13.1. The quantitative estimate of drug-likeness (QED) is 0.397. The predicted octanol–water partition coefficient (Wildman–Crippen LogP) is 3.85. The molecule has 0 atom stereocenters. The van der Waals surface area contributed by atoms with E-state index in [-0.39, 0.29) is 22.8 Å². The highest BCUT2D eigenvalue weighted by Crippen LogP contribution is 2.29. The zero-order valence-corrected chi connectivity index (χ0v) is 20.7. The summed E-state index contributed by atoms with van der Waals surface area (Å²) < 4.78 is 32.9. The molecule has 1 heterocycles. The molecule has 8 heteroatoms. The number of carbonyl (C=O) groups is 2. The molecule has 4 rings (SSSR count). The Hall–Kier alpha value is -2.71. The van der Waals surface area contributed by atoms with Crippen molar-refractivity contribution in [3.05, 3.63) is 58.7 Å². The fourth-order valence-corrected chi connectivity index (χ4v) is 6.31. The molecular weight excluding hydrogens is 452 g/mol. The number of carbonyl (C=O) groups excluding carboxylic acids is 2. The third-order valence-electron chi connectivity index (χ3n) is 6.73. The molecule has 0 unspecified atom stereocenters. The lowest BCUT2D eigenvalue weighted by atomic mass is 10.0. The van der Waals surface area contributed by atoms with Crippen molar-refractivity contribution in [1.82, 2.24) is 4.31 Å². The van der Waals surface area contributed by atoms with E-state index in [0.29, 0.717) is 24.3 Å². The Morgan fingerprint density at radius 1 is 0.941 bits per heavy atom. The first-order valence-electron chi connectivity index (χ1n) is 12.1. The summed E-state index contributed by atoms with van der Waals surface area (Å²) in [6, 6.07) is 10.3. The number of Topliss-reactive ketones (excluding diaryl/α,β-unsaturated/α-hetero) is 1. The van der Waals surface area contributed by atoms with E-state index in [1.165, 1.54) is 21.5 Å². The van der Waals surface area contributed by atoms with Crippen molar-refractivity contribution in [2.75, 3.05) is 37.7 Å². The van der Waals surface area contributed by atoms with Gasteiger partial charge >= 0.3 is 5.97 Å². The van der Waals surface area contributed by atoms with Crippen LogP contribution in [0.15, 0.2) is 41.3 Å². The molecule has 2 aliphatic rings. The Morgan fingerprint density at radius 3 is 2.35 bits per heavy atom. The average molecular weight is 485 g/mol. The Labute approximate surface area is 201 Å². The van der Waals surface area contributed by atoms with Crippen molar-refractivity contribution in [3.8, 4) is 0 Å². The first-order valence-corrected chi connectivity index (χ1v) is 13.5. The molecule has 0 N–H and O–H groups in total. The van der Waals surface area contributed by atoms with Crippen LogP contribution < -0.4 is 4.90 Å². The van der Waals surface area contributed by atoms with Crippen LogP contribution in [0.3, 0.4) is 0 Å². The minimum atomic E-state index is -3.74. The summed E-state index contributed by atoms with van der Waals surface area (Å²) in [6.07, 6.45) is 5.09. The highest BCUT2D eigenvalue weighted by Gasteiger charge is 2.27. The van der Waals surface area contributed by atoms with Gasteiger partial charge in [0, 0.05) is 31.7 Å². The van der Waals surface area contributed by atoms with Crippen molar-refractivity contribution in [3.63, 3.8) is 0 Å². The van der Waals surface area contributed by atoms with Crippen molar-refractivity contribution in [2.24, 2.45) is 0 Å². The summed E-state index contributed by atoms with van der Waals surface area (Å²) in [4.78, 5) is 28.0. The fraction of sp³-hybridized carbons (Fsp3) is 0.462. The van der Waals surface area contributed by atoms with E-state index in [4.69, 9.17) is 4.74 Å². The third kappa shape index (κ3) is 4.88. The van der Waals surface area contributed by atoms with Crippen molar-refractivity contribution < 1.29 is 22.7 Å². The molecule has 0 spiro atoms. The maximum absolute atomic E-state index is 13.1. The van der Waals surface area contributed by atoms with Gasteiger partial charge < -0.3 is 9.64 Å². The van der Waals surface area contributed by atoms with Crippen molar-refractivity contribution in [2.45, 2.75) is 50.8 Å². The third-order valence-corrected chi connectivity index (χ3v) is 8.78. The van der Waals surface area contributed by atoms with Gasteiger partial charge in [-0.05, 0) is 67.5 Å². The summed E-state index contributed by atoms with van der Waals surface area (Å²) in [5.74, 6) is -0.953. The predicted molar refractivity (Wildman–Crippen MR) is 131 cm³/mol. The van der Waals surface area contributed by atoms with Crippen LogP contribution in [0.4, 0.5) is 5.69 Å². The van der Waals surface area contributed by atoms with Gasteiger partial charge in [-0.3, -0.25) is 4.79 Å². The average Bonchev–Trinajstić information content (AvgIpc) is 3.54. The Morgan fingerprint density at radius 2 is 1.65 bits per heavy atom. The molecule has 2 aromatic rings. The maximum Gasteiger partial charge on any atom is 0.340 e. The van der Waals surface area contributed by atoms with Gasteiger partial charge in [0.15, 0.2) is 12.4 Å². The van der Waals surface area contributed by atoms with Gasteiger partial charge in [0.25, 0.3) is 0 Å². The van der Waals surface area contributed by atoms with Crippen LogP contribution in [-0.4, -0.2) is 57.3 Å². The molecule has 7 nitrogen and oxygen atoms in total. The van der Waals surface area contributed by atoms with E-state index < -0.39 is 16.0 Å². The summed E-state index contributed by atoms with van der Waals surface area (Å²) in [5, 5.41) is 0. The lowest BCUT2D eigenvalue weighted by Gasteiger charge is -2.23. The van der Waals surface area contributed by atoms with Crippen LogP contribution in [0.5, 0.6) is 0 Å². The Bertz CT molecular complexity index is 1180. The molecule has 0 aromatic heterocycles. The molecule has 1 saturated heterocycles. The molecule has 0 radical (unpaired) electrons. The van der Waals surface area contributed by atoms with Gasteiger partial charge in [0.1, 0.15) is 0 Å². The van der Waals surface area contributed by atoms with E-state index in [0.717, 1.165) is 45.2 Å². The number of rotatable bonds is 9. The molecule has 1 fully saturated rings. The number of hydrogen-bond acceptors (Lipinski definition) is 6. The monoisotopic (exact) mass is 484 g/mol. The molecule has 1 aliphatic heterocycles. The van der Waals surface area contributed by atoms with Gasteiger partial charge in [0.05, 0.1) is 16.1 Å². The van der Waals surface area contributed by atoms with Crippen LogP contribution in [0.25, 0.3) is 0 Å². The second-order valence-electron chi connectivity index (χ2n) is 8.80. The number of fused-ring (bicyclic) bond motifs is 1. The largest absolute Gasteiger partial charge is 0.454 e. The van der Waals surface area contributed by atoms with E-state index in [1.54, 1.807) is 32.0 Å². The number of nitrogens with zero attached hydrogens (tertiary/aromatic N) is 2. The summed E-state index contributed by atoms with van der Waals surface area (Å²) >= 11 is 0. The Balaban J connectivity index is 1.57. The number of sulfonamides is 1. The van der Waals surface area contributed by atoms with Crippen molar-refractivity contribution >= 4 is 27.5 Å². The normalized spacial score (nSPS) is 15.6. The smallest absolute Gasteiger partial charge is 0.340 e. The number of hydrogen-bond donors (Lipinski definition) is 0. The standard InChI is InChI=1S/C26H32N2O5S/c1-3-28(4-2)34(31,32)22-12-13-24(27-14-5-6-15-27)23(17-22)26(30)33-18-25(29)21-11-10-19-8-7-9-20(19)16-21/h10-13,16-17H,3-9,14-15,18H2,1-2H3. The van der Waals surface area contributed by atoms with Crippen LogP contribution in [0.2, 0.25) is 0 Å². The second-order valence-corrected chi connectivity index (χ2v) is 10.7. The summed E-state index contributed by atoms with van der Waals surface area (Å²) in [7, 11) is -3.74. The molecule has 0 amide bonds. The first kappa shape index (κ1) is 24.4. The molecule has 34 heavy (non-hydrogen) atoms. The summed E-state index contributed by atoms with van der Waals surface area (Å²) in [6.45, 7) is 5.42. The van der Waals surface area contributed by atoms with E-state index in [1.807, 2.05) is 12.1 Å². The summed E-state index contributed by atoms with van der Waals surface area (Å²) in [5.41, 5.74) is 3.81. The van der Waals surface area contributed by atoms with Gasteiger partial charge in [-0.25, -0.2) is 13.2 Å². The molecule has 1 aliphatic carbocycles. The molecular formula is C26H32N2O5S. The number of ketones is 1. The van der Waals surface area contributed by atoms with Crippen LogP contribution in [-0.2, 0) is 27.6 Å². The van der Waals surface area contributed by atoms with Gasteiger partial charge in [-0.1, -0.05) is 26.0 Å². The molecule has 0 bridgehead atoms. The fourth-order valence-electron chi connectivity index (χ4n) is 4.82. The minimum Gasteiger partial charge on any atom is -0.454 e. The lowest BCUT2D eigenvalue weighted by Crippen LogP contribution is -2.31. The number of esters is 1. The number of anilines is 1. The highest BCUT2D eigenvalue weighted by atomic mass is 32.2. The lowest BCUT2D eigenvalue weighted by molar-refractivity contribution is 0.0475. The van der Waals surface area contributed by atoms with Crippen LogP contribution >= 0.6 is 0 Å². The number of benzene rings is 2. The first-order chi connectivity index (χ1) is 16.3. The van der Waals surface area contributed by atoms with Gasteiger partial charge in [-0.2, -0.15) is 4.31 Å². The minimum absolute atomic E-state index is 0.0519. The molecule has 182 valence electrons. The zero-order valence-electron chi connectivity index (χ0n) is 19.9. The van der Waals surface area contributed by atoms with Crippen molar-refractivity contribution in [1.29, 1.82) is 0 Å². The Kier molecular flexibility index (Phi) is 7.38. The van der Waals surface area contributed by atoms with Gasteiger partial charge in [0.2, 0.25) is 10.0 Å². The van der Waals surface area contributed by atoms with E-state index >= 15 is 0 Å². The molecule has 0 saturated carbocycles. The number of ether oxygens (including phenoxy) is 1. The topological polar surface area (TPSA) is 84.0 Å². The van der Waals surface area contributed by atoms with E-state index in [2.05, 4.69) is 4.90 Å². The molecule has 2 aromatic carbocycles. The number of aryl methyl sites for hydroxylation is 2. The SMILES string of the molecule is CCN(CC)S(=O)(=O)c1ccc(N2CCCC2)c(C(=O)OCC(=O)c2ccc3c(c2)CCC3)c1. The highest BCUT2D eigenvalue weighted by molar-refractivity contribution is 7.89. The van der Waals surface area contributed by atoms with Crippen LogP contribution in [0.1, 0.15) is 65.0 Å². The zero-order chi connectivity index (χ0) is 24.3.